The van der Waals surface area contributed by atoms with Crippen LogP contribution in [0.5, 0.6) is 11.5 Å². The number of nitrogens with one attached hydrogen (secondary N) is 1. The van der Waals surface area contributed by atoms with Crippen LogP contribution >= 0.6 is 34.5 Å². The van der Waals surface area contributed by atoms with Crippen molar-refractivity contribution in [2.75, 3.05) is 32.6 Å². The summed E-state index contributed by atoms with van der Waals surface area (Å²) in [5, 5.41) is 3.70. The first-order chi connectivity index (χ1) is 17.3. The van der Waals surface area contributed by atoms with Crippen molar-refractivity contribution in [3.8, 4) is 11.5 Å². The highest BCUT2D eigenvalue weighted by molar-refractivity contribution is 14.1. The summed E-state index contributed by atoms with van der Waals surface area (Å²) < 4.78 is 28.3. The monoisotopic (exact) mass is 625 g/mol. The summed E-state index contributed by atoms with van der Waals surface area (Å²) in [4.78, 5) is 23.9. The van der Waals surface area contributed by atoms with Crippen LogP contribution < -0.4 is 14.8 Å². The van der Waals surface area contributed by atoms with Gasteiger partial charge in [-0.25, -0.2) is 14.4 Å². The van der Waals surface area contributed by atoms with Gasteiger partial charge in [-0.2, -0.15) is 0 Å². The van der Waals surface area contributed by atoms with E-state index in [0.717, 1.165) is 38.8 Å². The molecular weight excluding hydrogens is 600 g/mol. The predicted octanol–water partition coefficient (Wildman–Crippen LogP) is 5.36. The van der Waals surface area contributed by atoms with Crippen molar-refractivity contribution in [3.63, 3.8) is 0 Å². The molecule has 8 nitrogen and oxygen atoms in total. The number of amides is 1. The van der Waals surface area contributed by atoms with Gasteiger partial charge in [0.2, 0.25) is 0 Å². The van der Waals surface area contributed by atoms with E-state index < -0.39 is 11.4 Å². The van der Waals surface area contributed by atoms with Crippen LogP contribution in [0.1, 0.15) is 25.7 Å². The maximum atomic E-state index is 14.5. The molecule has 2 aliphatic rings. The molecular formula is C25H26ClFIN5O3. The molecule has 1 saturated heterocycles. The number of hydrogen-bond donors (Lipinski definition) is 1. The highest BCUT2D eigenvalue weighted by Crippen LogP contribution is 2.41. The first-order valence-electron chi connectivity index (χ1n) is 11.7. The third-order valence-corrected chi connectivity index (χ3v) is 8.37. The van der Waals surface area contributed by atoms with Crippen LogP contribution in [0.15, 0.2) is 36.7 Å². The Morgan fingerprint density at radius 3 is 2.72 bits per heavy atom. The second-order valence-corrected chi connectivity index (χ2v) is 10.7. The fourth-order valence-electron chi connectivity index (χ4n) is 5.05. The average Bonchev–Trinajstić information content (AvgIpc) is 2.89. The van der Waals surface area contributed by atoms with Gasteiger partial charge in [0, 0.05) is 24.5 Å². The lowest BCUT2D eigenvalue weighted by Gasteiger charge is -2.49. The van der Waals surface area contributed by atoms with Gasteiger partial charge in [-0.1, -0.05) is 17.7 Å². The second kappa shape index (κ2) is 10.1. The fraction of sp³-hybridized carbons (Fsp3) is 0.400. The molecule has 2 heterocycles. The number of rotatable bonds is 5. The Hall–Kier alpha value is -2.44. The Morgan fingerprint density at radius 2 is 1.97 bits per heavy atom. The van der Waals surface area contributed by atoms with Crippen molar-refractivity contribution in [2.24, 2.45) is 0 Å². The molecule has 1 aromatic heterocycles. The Morgan fingerprint density at radius 1 is 1.19 bits per heavy atom. The van der Waals surface area contributed by atoms with Crippen molar-refractivity contribution in [1.82, 2.24) is 18.0 Å². The molecule has 0 atom stereocenters. The Kier molecular flexibility index (Phi) is 7.10. The molecule has 1 aliphatic heterocycles. The van der Waals surface area contributed by atoms with Crippen LogP contribution in [0, 0.1) is 5.82 Å². The summed E-state index contributed by atoms with van der Waals surface area (Å²) in [5.74, 6) is 1.15. The zero-order valence-corrected chi connectivity index (χ0v) is 22.8. The fourth-order valence-corrected chi connectivity index (χ4v) is 5.89. The van der Waals surface area contributed by atoms with Gasteiger partial charge in [0.25, 0.3) is 5.91 Å². The summed E-state index contributed by atoms with van der Waals surface area (Å²) in [7, 11) is 3.61. The van der Waals surface area contributed by atoms with Gasteiger partial charge in [0.05, 0.1) is 52.3 Å². The number of anilines is 2. The van der Waals surface area contributed by atoms with E-state index >= 15 is 0 Å². The number of aromatic nitrogens is 2. The van der Waals surface area contributed by atoms with Gasteiger partial charge in [0.1, 0.15) is 17.7 Å². The molecule has 1 aliphatic carbocycles. The van der Waals surface area contributed by atoms with E-state index in [-0.39, 0.29) is 22.7 Å². The molecule has 0 radical (unpaired) electrons. The minimum atomic E-state index is -0.556. The highest BCUT2D eigenvalue weighted by atomic mass is 127. The minimum Gasteiger partial charge on any atom is -0.493 e. The Labute approximate surface area is 227 Å². The Bertz CT molecular complexity index is 1300. The minimum absolute atomic E-state index is 0.0203. The molecule has 190 valence electrons. The molecule has 3 aromatic rings. The maximum absolute atomic E-state index is 14.5. The van der Waals surface area contributed by atoms with Crippen molar-refractivity contribution < 1.29 is 18.7 Å². The lowest BCUT2D eigenvalue weighted by Crippen LogP contribution is -2.64. The molecule has 1 spiro atoms. The largest absolute Gasteiger partial charge is 0.493 e. The number of methoxy groups -OCH3 is 1. The molecule has 5 rings (SSSR count). The number of benzene rings is 2. The number of nitrogens with zero attached hydrogens (tertiary/aromatic N) is 4. The number of carbonyl (C=O) groups excluding carboxylic acids is 1. The first kappa shape index (κ1) is 25.2. The van der Waals surface area contributed by atoms with Gasteiger partial charge in [-0.05, 0) is 50.9 Å². The normalized spacial score (nSPS) is 22.8. The predicted molar refractivity (Wildman–Crippen MR) is 145 cm³/mol. The van der Waals surface area contributed by atoms with E-state index in [1.165, 1.54) is 12.4 Å². The van der Waals surface area contributed by atoms with Gasteiger partial charge >= 0.3 is 0 Å². The van der Waals surface area contributed by atoms with Crippen LogP contribution in [0.4, 0.5) is 15.9 Å². The average molecular weight is 626 g/mol. The smallest absolute Gasteiger partial charge is 0.251 e. The van der Waals surface area contributed by atoms with Crippen molar-refractivity contribution in [1.29, 1.82) is 0 Å². The van der Waals surface area contributed by atoms with Crippen LogP contribution in [0.25, 0.3) is 10.9 Å². The van der Waals surface area contributed by atoms with Gasteiger partial charge in [-0.3, -0.25) is 12.8 Å². The zero-order valence-electron chi connectivity index (χ0n) is 19.9. The van der Waals surface area contributed by atoms with Crippen LogP contribution in [0.3, 0.4) is 0 Å². The number of ether oxygens (including phenoxy) is 2. The molecule has 1 amide bonds. The van der Waals surface area contributed by atoms with Crippen molar-refractivity contribution in [2.45, 2.75) is 37.3 Å². The molecule has 2 fully saturated rings. The van der Waals surface area contributed by atoms with Crippen LogP contribution in [-0.4, -0.2) is 62.8 Å². The molecule has 11 heteroatoms. The summed E-state index contributed by atoms with van der Waals surface area (Å²) in [6.45, 7) is 1.60. The SMILES string of the molecule is COc1cc2ncnc(Nc3cccc(Cl)c3F)c2cc1OC1CCC2(CC1)C(=O)N(I)CCN2C. The third-order valence-electron chi connectivity index (χ3n) is 7.16. The van der Waals surface area contributed by atoms with Crippen molar-refractivity contribution >= 4 is 62.8 Å². The lowest BCUT2D eigenvalue weighted by atomic mass is 9.77. The zero-order chi connectivity index (χ0) is 25.4. The van der Waals surface area contributed by atoms with Crippen LogP contribution in [0.2, 0.25) is 5.02 Å². The van der Waals surface area contributed by atoms with E-state index in [9.17, 15) is 9.18 Å². The number of piperazine rings is 1. The van der Waals surface area contributed by atoms with Gasteiger partial charge in [-0.15, -0.1) is 0 Å². The lowest BCUT2D eigenvalue weighted by molar-refractivity contribution is -0.145. The molecule has 0 unspecified atom stereocenters. The first-order valence-corrected chi connectivity index (χ1v) is 13.1. The molecule has 1 saturated carbocycles. The number of carbonyl (C=O) groups is 1. The molecule has 1 N–H and O–H groups in total. The number of fused-ring (bicyclic) bond motifs is 1. The molecule has 2 aromatic carbocycles. The topological polar surface area (TPSA) is 79.8 Å². The molecule has 0 bridgehead atoms. The summed E-state index contributed by atoms with van der Waals surface area (Å²) in [6.07, 6.45) is 4.28. The van der Waals surface area contributed by atoms with Gasteiger partial charge < -0.3 is 14.8 Å². The number of halogens is 3. The summed E-state index contributed by atoms with van der Waals surface area (Å²) in [5.41, 5.74) is 0.376. The summed E-state index contributed by atoms with van der Waals surface area (Å²) >= 11 is 8.06. The quantitative estimate of drug-likeness (QED) is 0.302. The molecule has 36 heavy (non-hydrogen) atoms. The Balaban J connectivity index is 1.40. The van der Waals surface area contributed by atoms with E-state index in [1.807, 2.05) is 16.2 Å². The van der Waals surface area contributed by atoms with E-state index in [4.69, 9.17) is 21.1 Å². The van der Waals surface area contributed by atoms with Crippen LogP contribution in [-0.2, 0) is 4.79 Å². The number of likely N-dealkylation sites (N-methyl/N-ethyl adjacent to an activating group) is 1. The van der Waals surface area contributed by atoms with E-state index in [2.05, 4.69) is 43.0 Å². The van der Waals surface area contributed by atoms with Crippen molar-refractivity contribution in [3.05, 3.63) is 47.5 Å². The number of hydrogen-bond acceptors (Lipinski definition) is 7. The van der Waals surface area contributed by atoms with Gasteiger partial charge in [0.15, 0.2) is 17.3 Å². The standard InChI is InChI=1S/C25H26ClFIN5O3/c1-32-10-11-33(28)24(34)25(32)8-6-15(7-9-25)36-21-12-16-19(13-20(21)35-2)29-14-30-23(16)31-18-5-3-4-17(26)22(18)27/h3-5,12-15H,6-11H2,1-2H3,(H,29,30,31). The third kappa shape index (κ3) is 4.54. The highest BCUT2D eigenvalue weighted by Gasteiger charge is 2.49. The maximum Gasteiger partial charge on any atom is 0.251 e. The van der Waals surface area contributed by atoms with E-state index in [0.29, 0.717) is 28.2 Å². The summed E-state index contributed by atoms with van der Waals surface area (Å²) in [6, 6.07) is 8.34. The van der Waals surface area contributed by atoms with E-state index in [1.54, 1.807) is 25.3 Å². The second-order valence-electron chi connectivity index (χ2n) is 9.13.